The highest BCUT2D eigenvalue weighted by Gasteiger charge is 2.24. The molecule has 1 aliphatic heterocycles. The normalized spacial score (nSPS) is 15.8. The molecule has 140 valence electrons. The average molecular weight is 379 g/mol. The first-order valence-electron chi connectivity index (χ1n) is 8.36. The molecule has 1 aromatic carbocycles. The predicted octanol–water partition coefficient (Wildman–Crippen LogP) is 2.71. The van der Waals surface area contributed by atoms with E-state index in [2.05, 4.69) is 15.5 Å². The minimum Gasteiger partial charge on any atom is -0.482 e. The standard InChI is InChI=1S/C19H14FN5O3/c1-9-13-5-11(20)2-3-12(13)19(26)24-8-16-17(14(6-21)25-28-16)10-4-15(27-9)18(22)23-7-10/h2-5,7,9H,8H2,1H3,(H2,22,23)(H,24,26). The van der Waals surface area contributed by atoms with Gasteiger partial charge in [0.25, 0.3) is 5.91 Å². The number of fused-ring (bicyclic) bond motifs is 5. The summed E-state index contributed by atoms with van der Waals surface area (Å²) in [7, 11) is 0. The number of carbonyl (C=O) groups is 1. The second-order valence-electron chi connectivity index (χ2n) is 6.22. The first kappa shape index (κ1) is 17.5. The maximum Gasteiger partial charge on any atom is 0.252 e. The van der Waals surface area contributed by atoms with Crippen LogP contribution >= 0.6 is 0 Å². The zero-order valence-corrected chi connectivity index (χ0v) is 14.7. The Morgan fingerprint density at radius 1 is 1.39 bits per heavy atom. The molecule has 0 aliphatic carbocycles. The summed E-state index contributed by atoms with van der Waals surface area (Å²) in [6.07, 6.45) is 0.776. The predicted molar refractivity (Wildman–Crippen MR) is 95.5 cm³/mol. The third kappa shape index (κ3) is 2.91. The molecule has 1 amide bonds. The highest BCUT2D eigenvalue weighted by atomic mass is 19.1. The summed E-state index contributed by atoms with van der Waals surface area (Å²) in [6.45, 7) is 1.66. The Bertz CT molecular complexity index is 1140. The van der Waals surface area contributed by atoms with Gasteiger partial charge in [-0.25, -0.2) is 9.37 Å². The average Bonchev–Trinajstić information content (AvgIpc) is 3.10. The molecule has 0 spiro atoms. The maximum atomic E-state index is 13.8. The SMILES string of the molecule is CC1Oc2cc(cnc2N)-c2c(C#N)noc2CNC(=O)c2ccc(F)cc21. The molecule has 4 rings (SSSR count). The molecule has 0 saturated carbocycles. The number of halogens is 1. The summed E-state index contributed by atoms with van der Waals surface area (Å²) in [5, 5.41) is 15.8. The van der Waals surface area contributed by atoms with E-state index in [1.165, 1.54) is 24.4 Å². The first-order chi connectivity index (χ1) is 13.5. The van der Waals surface area contributed by atoms with Crippen LogP contribution in [0.15, 0.2) is 35.0 Å². The lowest BCUT2D eigenvalue weighted by atomic mass is 10.0. The first-order valence-corrected chi connectivity index (χ1v) is 8.36. The van der Waals surface area contributed by atoms with Gasteiger partial charge in [-0.2, -0.15) is 5.26 Å². The summed E-state index contributed by atoms with van der Waals surface area (Å²) in [4.78, 5) is 16.8. The van der Waals surface area contributed by atoms with E-state index in [-0.39, 0.29) is 35.1 Å². The van der Waals surface area contributed by atoms with Crippen molar-refractivity contribution >= 4 is 11.7 Å². The van der Waals surface area contributed by atoms with Crippen molar-refractivity contribution < 1.29 is 18.4 Å². The Labute approximate surface area is 158 Å². The van der Waals surface area contributed by atoms with Gasteiger partial charge in [0.05, 0.1) is 12.1 Å². The number of nitrogens with zero attached hydrogens (tertiary/aromatic N) is 3. The molecular weight excluding hydrogens is 365 g/mol. The largest absolute Gasteiger partial charge is 0.482 e. The van der Waals surface area contributed by atoms with E-state index in [0.29, 0.717) is 16.7 Å². The van der Waals surface area contributed by atoms with Crippen LogP contribution in [-0.2, 0) is 6.54 Å². The van der Waals surface area contributed by atoms with Crippen LogP contribution in [0.5, 0.6) is 5.75 Å². The molecule has 0 saturated heterocycles. The van der Waals surface area contributed by atoms with Crippen molar-refractivity contribution in [2.75, 3.05) is 5.73 Å². The fourth-order valence-corrected chi connectivity index (χ4v) is 3.09. The van der Waals surface area contributed by atoms with Crippen molar-refractivity contribution in [3.63, 3.8) is 0 Å². The lowest BCUT2D eigenvalue weighted by Crippen LogP contribution is -2.25. The number of nitriles is 1. The Morgan fingerprint density at radius 2 is 2.21 bits per heavy atom. The molecule has 0 fully saturated rings. The number of ether oxygens (including phenoxy) is 1. The molecule has 1 unspecified atom stereocenters. The number of nitrogen functional groups attached to an aromatic ring is 1. The quantitative estimate of drug-likeness (QED) is 0.615. The molecule has 2 aromatic heterocycles. The lowest BCUT2D eigenvalue weighted by Gasteiger charge is -2.20. The summed E-state index contributed by atoms with van der Waals surface area (Å²) in [5.41, 5.74) is 7.48. The molecule has 1 atom stereocenters. The number of pyridine rings is 1. The number of hydrogen-bond acceptors (Lipinski definition) is 7. The van der Waals surface area contributed by atoms with E-state index < -0.39 is 17.8 Å². The van der Waals surface area contributed by atoms with Crippen molar-refractivity contribution in [3.05, 3.63) is 58.9 Å². The summed E-state index contributed by atoms with van der Waals surface area (Å²) in [5.74, 6) is -0.310. The number of anilines is 1. The van der Waals surface area contributed by atoms with E-state index in [4.69, 9.17) is 15.0 Å². The van der Waals surface area contributed by atoms with Crippen LogP contribution in [0, 0.1) is 17.1 Å². The van der Waals surface area contributed by atoms with E-state index in [1.807, 2.05) is 6.07 Å². The zero-order valence-electron chi connectivity index (χ0n) is 14.7. The van der Waals surface area contributed by atoms with Gasteiger partial charge in [-0.05, 0) is 31.2 Å². The third-order valence-electron chi connectivity index (χ3n) is 4.45. The zero-order chi connectivity index (χ0) is 19.8. The van der Waals surface area contributed by atoms with Crippen LogP contribution in [0.1, 0.15) is 40.4 Å². The van der Waals surface area contributed by atoms with Crippen LogP contribution in [0.25, 0.3) is 11.1 Å². The molecule has 9 heteroatoms. The Kier molecular flexibility index (Phi) is 4.16. The molecule has 3 aromatic rings. The van der Waals surface area contributed by atoms with Gasteiger partial charge in [-0.15, -0.1) is 0 Å². The fourth-order valence-electron chi connectivity index (χ4n) is 3.09. The van der Waals surface area contributed by atoms with Crippen molar-refractivity contribution in [1.29, 1.82) is 5.26 Å². The lowest BCUT2D eigenvalue weighted by molar-refractivity contribution is 0.0942. The highest BCUT2D eigenvalue weighted by molar-refractivity contribution is 5.96. The highest BCUT2D eigenvalue weighted by Crippen LogP contribution is 2.35. The van der Waals surface area contributed by atoms with E-state index >= 15 is 0 Å². The molecule has 0 radical (unpaired) electrons. The number of rotatable bonds is 0. The van der Waals surface area contributed by atoms with Gasteiger partial charge in [0.1, 0.15) is 18.0 Å². The number of nitrogens with one attached hydrogen (secondary N) is 1. The Morgan fingerprint density at radius 3 is 3.00 bits per heavy atom. The van der Waals surface area contributed by atoms with Crippen LogP contribution in [-0.4, -0.2) is 16.0 Å². The number of hydrogen-bond donors (Lipinski definition) is 2. The van der Waals surface area contributed by atoms with Crippen LogP contribution in [0.2, 0.25) is 0 Å². The van der Waals surface area contributed by atoms with Crippen molar-refractivity contribution in [2.24, 2.45) is 0 Å². The molecule has 3 N–H and O–H groups in total. The van der Waals surface area contributed by atoms with Gasteiger partial charge in [0, 0.05) is 22.9 Å². The van der Waals surface area contributed by atoms with Crippen LogP contribution < -0.4 is 15.8 Å². The number of aromatic nitrogens is 2. The van der Waals surface area contributed by atoms with E-state index in [1.54, 1.807) is 13.0 Å². The molecule has 28 heavy (non-hydrogen) atoms. The topological polar surface area (TPSA) is 127 Å². The summed E-state index contributed by atoms with van der Waals surface area (Å²) < 4.78 is 24.9. The van der Waals surface area contributed by atoms with E-state index in [9.17, 15) is 14.4 Å². The van der Waals surface area contributed by atoms with Gasteiger partial charge in [-0.1, -0.05) is 5.16 Å². The summed E-state index contributed by atoms with van der Waals surface area (Å²) >= 11 is 0. The maximum absolute atomic E-state index is 13.8. The van der Waals surface area contributed by atoms with Gasteiger partial charge >= 0.3 is 0 Å². The van der Waals surface area contributed by atoms with Crippen molar-refractivity contribution in [3.8, 4) is 22.9 Å². The van der Waals surface area contributed by atoms with E-state index in [0.717, 1.165) is 0 Å². The summed E-state index contributed by atoms with van der Waals surface area (Å²) in [6, 6.07) is 7.38. The number of benzene rings is 1. The Hall–Kier alpha value is -3.93. The second kappa shape index (κ2) is 6.66. The smallest absolute Gasteiger partial charge is 0.252 e. The third-order valence-corrected chi connectivity index (χ3v) is 4.45. The monoisotopic (exact) mass is 379 g/mol. The molecule has 2 bridgehead atoms. The van der Waals surface area contributed by atoms with Gasteiger partial charge < -0.3 is 20.3 Å². The molecular formula is C19H14FN5O3. The number of carbonyl (C=O) groups excluding carboxylic acids is 1. The molecule has 8 nitrogen and oxygen atoms in total. The van der Waals surface area contributed by atoms with Crippen LogP contribution in [0.3, 0.4) is 0 Å². The fraction of sp³-hybridized carbons (Fsp3) is 0.158. The second-order valence-corrected chi connectivity index (χ2v) is 6.22. The number of nitrogens with two attached hydrogens (primary N) is 1. The molecule has 1 aliphatic rings. The Balaban J connectivity index is 1.92. The number of amides is 1. The van der Waals surface area contributed by atoms with Gasteiger partial charge in [-0.3, -0.25) is 4.79 Å². The van der Waals surface area contributed by atoms with Crippen molar-refractivity contribution in [2.45, 2.75) is 19.6 Å². The minimum atomic E-state index is -0.687. The molecule has 3 heterocycles. The van der Waals surface area contributed by atoms with Gasteiger partial charge in [0.15, 0.2) is 23.0 Å². The van der Waals surface area contributed by atoms with Crippen molar-refractivity contribution in [1.82, 2.24) is 15.5 Å². The van der Waals surface area contributed by atoms with Crippen LogP contribution in [0.4, 0.5) is 10.2 Å². The minimum absolute atomic E-state index is 0.0192. The van der Waals surface area contributed by atoms with Gasteiger partial charge in [0.2, 0.25) is 0 Å².